The fourth-order valence-corrected chi connectivity index (χ4v) is 2.05. The highest BCUT2D eigenvalue weighted by molar-refractivity contribution is 9.10. The van der Waals surface area contributed by atoms with Crippen LogP contribution in [0.2, 0.25) is 0 Å². The number of aromatic hydroxyl groups is 1. The molecule has 0 aliphatic carbocycles. The number of aromatic nitrogens is 1. The van der Waals surface area contributed by atoms with Crippen molar-refractivity contribution in [1.82, 2.24) is 4.98 Å². The molecule has 0 saturated heterocycles. The number of benzene rings is 1. The van der Waals surface area contributed by atoms with E-state index in [0.717, 1.165) is 5.56 Å². The van der Waals surface area contributed by atoms with Crippen LogP contribution in [0, 0.1) is 0 Å². The third-order valence-corrected chi connectivity index (χ3v) is 3.27. The van der Waals surface area contributed by atoms with Crippen molar-refractivity contribution in [3.05, 3.63) is 33.6 Å². The van der Waals surface area contributed by atoms with Gasteiger partial charge in [-0.2, -0.15) is 5.10 Å². The molecule has 5 nitrogen and oxygen atoms in total. The number of thiazole rings is 1. The van der Waals surface area contributed by atoms with E-state index in [1.54, 1.807) is 29.8 Å². The molecule has 1 heterocycles. The largest absolute Gasteiger partial charge is 0.507 e. The molecule has 7 heteroatoms. The van der Waals surface area contributed by atoms with E-state index in [0.29, 0.717) is 15.4 Å². The normalized spacial score (nSPS) is 10.9. The summed E-state index contributed by atoms with van der Waals surface area (Å²) in [6.07, 6.45) is 1.63. The van der Waals surface area contributed by atoms with E-state index in [4.69, 9.17) is 5.73 Å². The molecule has 0 amide bonds. The smallest absolute Gasteiger partial charge is 0.205 e. The number of nitrogens with one attached hydrogen (secondary N) is 1. The molecule has 0 saturated carbocycles. The van der Waals surface area contributed by atoms with Gasteiger partial charge in [-0.15, -0.1) is 11.3 Å². The number of hydrogen-bond donors (Lipinski definition) is 3. The minimum Gasteiger partial charge on any atom is -0.507 e. The number of halogens is 1. The molecule has 0 aliphatic rings. The first kappa shape index (κ1) is 11.9. The minimum atomic E-state index is 0.197. The zero-order valence-electron chi connectivity index (χ0n) is 8.59. The Bertz CT molecular complexity index is 555. The summed E-state index contributed by atoms with van der Waals surface area (Å²) in [5.74, 6) is 0.669. The molecule has 1 aromatic carbocycles. The van der Waals surface area contributed by atoms with E-state index in [1.807, 2.05) is 0 Å². The first-order chi connectivity index (χ1) is 8.15. The predicted molar refractivity (Wildman–Crippen MR) is 73.5 cm³/mol. The Morgan fingerprint density at radius 3 is 3.00 bits per heavy atom. The fourth-order valence-electron chi connectivity index (χ4n) is 1.10. The van der Waals surface area contributed by atoms with Crippen LogP contribution in [-0.2, 0) is 0 Å². The van der Waals surface area contributed by atoms with Crippen LogP contribution in [0.3, 0.4) is 0 Å². The maximum Gasteiger partial charge on any atom is 0.205 e. The molecule has 0 aliphatic heterocycles. The zero-order chi connectivity index (χ0) is 12.3. The molecule has 0 unspecified atom stereocenters. The topological polar surface area (TPSA) is 83.5 Å². The van der Waals surface area contributed by atoms with Crippen molar-refractivity contribution < 1.29 is 5.11 Å². The second-order valence-electron chi connectivity index (χ2n) is 3.16. The van der Waals surface area contributed by atoms with Gasteiger partial charge in [0.25, 0.3) is 0 Å². The van der Waals surface area contributed by atoms with Crippen LogP contribution in [-0.4, -0.2) is 16.3 Å². The van der Waals surface area contributed by atoms with Gasteiger partial charge in [0.1, 0.15) is 11.6 Å². The van der Waals surface area contributed by atoms with Gasteiger partial charge < -0.3 is 10.8 Å². The molecule has 0 atom stereocenters. The number of phenolic OH excluding ortho intramolecular Hbond substituents is 1. The van der Waals surface area contributed by atoms with E-state index in [-0.39, 0.29) is 5.75 Å². The number of nitrogen functional groups attached to an aromatic ring is 1. The SMILES string of the molecule is Nc1csc(NN=Cc2ccc(O)c(Br)c2)n1. The molecule has 0 spiro atoms. The maximum atomic E-state index is 9.32. The van der Waals surface area contributed by atoms with Crippen molar-refractivity contribution in [2.24, 2.45) is 5.10 Å². The Hall–Kier alpha value is -1.60. The highest BCUT2D eigenvalue weighted by Gasteiger charge is 1.98. The number of hydrazone groups is 1. The summed E-state index contributed by atoms with van der Waals surface area (Å²) < 4.78 is 0.625. The second-order valence-corrected chi connectivity index (χ2v) is 4.87. The monoisotopic (exact) mass is 312 g/mol. The Morgan fingerprint density at radius 1 is 1.53 bits per heavy atom. The Balaban J connectivity index is 2.03. The number of hydrogen-bond acceptors (Lipinski definition) is 6. The third kappa shape index (κ3) is 3.18. The maximum absolute atomic E-state index is 9.32. The number of anilines is 2. The van der Waals surface area contributed by atoms with E-state index >= 15 is 0 Å². The van der Waals surface area contributed by atoms with Crippen LogP contribution in [0.25, 0.3) is 0 Å². The zero-order valence-corrected chi connectivity index (χ0v) is 11.0. The average Bonchev–Trinajstić information content (AvgIpc) is 2.70. The number of phenols is 1. The van der Waals surface area contributed by atoms with Crippen molar-refractivity contribution >= 4 is 44.4 Å². The molecule has 17 heavy (non-hydrogen) atoms. The van der Waals surface area contributed by atoms with Gasteiger partial charge in [-0.05, 0) is 39.7 Å². The molecule has 2 aromatic rings. The first-order valence-corrected chi connectivity index (χ1v) is 6.31. The lowest BCUT2D eigenvalue weighted by molar-refractivity contribution is 0.472. The van der Waals surface area contributed by atoms with E-state index < -0.39 is 0 Å². The first-order valence-electron chi connectivity index (χ1n) is 4.64. The molecular weight excluding hydrogens is 304 g/mol. The van der Waals surface area contributed by atoms with Crippen LogP contribution in [0.5, 0.6) is 5.75 Å². The number of nitrogens with two attached hydrogens (primary N) is 1. The summed E-state index contributed by atoms with van der Waals surface area (Å²) in [6.45, 7) is 0. The molecule has 0 fully saturated rings. The lowest BCUT2D eigenvalue weighted by Gasteiger charge is -1.98. The predicted octanol–water partition coefficient (Wildman–Crippen LogP) is 2.64. The van der Waals surface area contributed by atoms with Gasteiger partial charge in [0.15, 0.2) is 0 Å². The van der Waals surface area contributed by atoms with Gasteiger partial charge in [0, 0.05) is 5.38 Å². The van der Waals surface area contributed by atoms with Crippen molar-refractivity contribution in [1.29, 1.82) is 0 Å². The average molecular weight is 313 g/mol. The fraction of sp³-hybridized carbons (Fsp3) is 0. The lowest BCUT2D eigenvalue weighted by Crippen LogP contribution is -1.91. The molecule has 0 radical (unpaired) electrons. The van der Waals surface area contributed by atoms with Gasteiger partial charge in [-0.3, -0.25) is 5.43 Å². The third-order valence-electron chi connectivity index (χ3n) is 1.87. The van der Waals surface area contributed by atoms with Crippen LogP contribution in [0.15, 0.2) is 33.2 Å². The molecule has 0 bridgehead atoms. The Morgan fingerprint density at radius 2 is 2.35 bits per heavy atom. The summed E-state index contributed by atoms with van der Waals surface area (Å²) in [5, 5.41) is 15.7. The number of nitrogens with zero attached hydrogens (tertiary/aromatic N) is 2. The van der Waals surface area contributed by atoms with E-state index in [1.165, 1.54) is 11.3 Å². The summed E-state index contributed by atoms with van der Waals surface area (Å²) in [4.78, 5) is 4.00. The summed E-state index contributed by atoms with van der Waals surface area (Å²) in [6, 6.07) is 5.10. The standard InChI is InChI=1S/C10H9BrN4OS/c11-7-3-6(1-2-8(7)16)4-13-15-10-14-9(12)5-17-10/h1-5,16H,12H2,(H,14,15). The Labute approximate surface area is 110 Å². The van der Waals surface area contributed by atoms with Gasteiger partial charge in [0.2, 0.25) is 5.13 Å². The van der Waals surface area contributed by atoms with Crippen molar-refractivity contribution in [3.63, 3.8) is 0 Å². The summed E-state index contributed by atoms with van der Waals surface area (Å²) >= 11 is 4.61. The summed E-state index contributed by atoms with van der Waals surface area (Å²) in [7, 11) is 0. The van der Waals surface area contributed by atoms with E-state index in [9.17, 15) is 5.11 Å². The molecule has 88 valence electrons. The summed E-state index contributed by atoms with van der Waals surface area (Å²) in [5.41, 5.74) is 9.09. The van der Waals surface area contributed by atoms with Crippen LogP contribution < -0.4 is 11.2 Å². The van der Waals surface area contributed by atoms with E-state index in [2.05, 4.69) is 31.4 Å². The number of rotatable bonds is 3. The van der Waals surface area contributed by atoms with Crippen molar-refractivity contribution in [2.45, 2.75) is 0 Å². The molecular formula is C10H9BrN4OS. The molecule has 1 aromatic heterocycles. The molecule has 4 N–H and O–H groups in total. The van der Waals surface area contributed by atoms with Gasteiger partial charge in [0.05, 0.1) is 10.7 Å². The van der Waals surface area contributed by atoms with Gasteiger partial charge >= 0.3 is 0 Å². The quantitative estimate of drug-likeness (QED) is 0.601. The van der Waals surface area contributed by atoms with Crippen LogP contribution in [0.1, 0.15) is 5.56 Å². The van der Waals surface area contributed by atoms with Gasteiger partial charge in [-0.25, -0.2) is 4.98 Å². The highest BCUT2D eigenvalue weighted by Crippen LogP contribution is 2.23. The lowest BCUT2D eigenvalue weighted by atomic mass is 10.2. The van der Waals surface area contributed by atoms with Crippen molar-refractivity contribution in [3.8, 4) is 5.75 Å². The van der Waals surface area contributed by atoms with Crippen LogP contribution >= 0.6 is 27.3 Å². The Kier molecular flexibility index (Phi) is 3.60. The van der Waals surface area contributed by atoms with Gasteiger partial charge in [-0.1, -0.05) is 0 Å². The minimum absolute atomic E-state index is 0.197. The highest BCUT2D eigenvalue weighted by atomic mass is 79.9. The molecule has 2 rings (SSSR count). The van der Waals surface area contributed by atoms with Crippen molar-refractivity contribution in [2.75, 3.05) is 11.2 Å². The second kappa shape index (κ2) is 5.15. The van der Waals surface area contributed by atoms with Crippen LogP contribution in [0.4, 0.5) is 10.9 Å².